The van der Waals surface area contributed by atoms with Crippen LogP contribution < -0.4 is 10.1 Å². The second kappa shape index (κ2) is 9.53. The third-order valence-corrected chi connectivity index (χ3v) is 5.37. The molecule has 0 aliphatic heterocycles. The van der Waals surface area contributed by atoms with E-state index in [1.54, 1.807) is 0 Å². The number of benzene rings is 2. The van der Waals surface area contributed by atoms with Gasteiger partial charge in [0.1, 0.15) is 17.4 Å². The number of para-hydroxylation sites is 1. The summed E-state index contributed by atoms with van der Waals surface area (Å²) in [5.74, 6) is 1.43. The number of fused-ring (bicyclic) bond motifs is 1. The number of hydrogen-bond donors (Lipinski definition) is 1. The van der Waals surface area contributed by atoms with E-state index >= 15 is 0 Å². The summed E-state index contributed by atoms with van der Waals surface area (Å²) >= 11 is 0. The standard InChI is InChI=1S/C26H25N5O2/c1-17-12-19(3)25-22(13-17)18(2)14-23(29-25)31-26(20(15-27)16-28-31)30-24(32)10-7-11-33-21-8-5-4-6-9-21/h4-6,8-9,12-14,16H,7,10-11H2,1-3H3,(H,30,32). The predicted molar refractivity (Wildman–Crippen MR) is 128 cm³/mol. The first-order valence-electron chi connectivity index (χ1n) is 10.8. The van der Waals surface area contributed by atoms with Crippen molar-refractivity contribution in [2.75, 3.05) is 11.9 Å². The van der Waals surface area contributed by atoms with E-state index < -0.39 is 0 Å². The van der Waals surface area contributed by atoms with Crippen molar-refractivity contribution in [3.05, 3.63) is 77.0 Å². The highest BCUT2D eigenvalue weighted by atomic mass is 16.5. The average Bonchev–Trinajstić information content (AvgIpc) is 3.20. The third-order valence-electron chi connectivity index (χ3n) is 5.37. The molecule has 0 saturated carbocycles. The van der Waals surface area contributed by atoms with Crippen molar-refractivity contribution in [1.29, 1.82) is 5.26 Å². The van der Waals surface area contributed by atoms with E-state index in [0.717, 1.165) is 27.8 Å². The first-order valence-corrected chi connectivity index (χ1v) is 10.8. The molecule has 0 spiro atoms. The minimum absolute atomic E-state index is 0.214. The predicted octanol–water partition coefficient (Wildman–Crippen LogP) is 5.02. The number of hydrogen-bond acceptors (Lipinski definition) is 5. The highest BCUT2D eigenvalue weighted by Crippen LogP contribution is 2.26. The normalized spacial score (nSPS) is 10.7. The van der Waals surface area contributed by atoms with Crippen LogP contribution in [0.4, 0.5) is 5.82 Å². The van der Waals surface area contributed by atoms with E-state index in [1.165, 1.54) is 16.4 Å². The molecule has 0 fully saturated rings. The van der Waals surface area contributed by atoms with Gasteiger partial charge in [0.05, 0.1) is 18.3 Å². The van der Waals surface area contributed by atoms with E-state index in [2.05, 4.69) is 35.5 Å². The van der Waals surface area contributed by atoms with Crippen LogP contribution in [-0.2, 0) is 4.79 Å². The number of anilines is 1. The zero-order valence-corrected chi connectivity index (χ0v) is 18.9. The van der Waals surface area contributed by atoms with E-state index in [0.29, 0.717) is 24.7 Å². The Morgan fingerprint density at radius 2 is 1.91 bits per heavy atom. The molecule has 1 amide bonds. The van der Waals surface area contributed by atoms with Crippen LogP contribution >= 0.6 is 0 Å². The molecule has 0 atom stereocenters. The minimum atomic E-state index is -0.214. The van der Waals surface area contributed by atoms with Crippen LogP contribution in [-0.4, -0.2) is 27.3 Å². The Kier molecular flexibility index (Phi) is 6.36. The number of pyridine rings is 1. The number of carbonyl (C=O) groups excluding carboxylic acids is 1. The molecule has 2 heterocycles. The molecule has 0 bridgehead atoms. The number of aryl methyl sites for hydroxylation is 3. The van der Waals surface area contributed by atoms with Crippen LogP contribution in [0, 0.1) is 32.1 Å². The number of amides is 1. The summed E-state index contributed by atoms with van der Waals surface area (Å²) in [5, 5.41) is 17.8. The van der Waals surface area contributed by atoms with Gasteiger partial charge < -0.3 is 10.1 Å². The second-order valence-electron chi connectivity index (χ2n) is 8.02. The van der Waals surface area contributed by atoms with Gasteiger partial charge in [-0.3, -0.25) is 4.79 Å². The number of aromatic nitrogens is 3. The lowest BCUT2D eigenvalue weighted by atomic mass is 10.0. The van der Waals surface area contributed by atoms with Crippen LogP contribution in [0.2, 0.25) is 0 Å². The van der Waals surface area contributed by atoms with Gasteiger partial charge in [-0.05, 0) is 62.6 Å². The molecule has 0 saturated heterocycles. The van der Waals surface area contributed by atoms with E-state index in [4.69, 9.17) is 9.72 Å². The third kappa shape index (κ3) is 4.85. The molecule has 166 valence electrons. The van der Waals surface area contributed by atoms with E-state index in [9.17, 15) is 10.1 Å². The van der Waals surface area contributed by atoms with Gasteiger partial charge in [0.15, 0.2) is 11.6 Å². The summed E-state index contributed by atoms with van der Waals surface area (Å²) in [6.45, 7) is 6.53. The summed E-state index contributed by atoms with van der Waals surface area (Å²) in [4.78, 5) is 17.4. The minimum Gasteiger partial charge on any atom is -0.494 e. The highest BCUT2D eigenvalue weighted by Gasteiger charge is 2.17. The Morgan fingerprint density at radius 3 is 2.67 bits per heavy atom. The molecule has 4 rings (SSSR count). The van der Waals surface area contributed by atoms with Crippen LogP contribution in [0.1, 0.15) is 35.1 Å². The molecule has 7 heteroatoms. The SMILES string of the molecule is Cc1cc(C)c2nc(-n3ncc(C#N)c3NC(=O)CCCOc3ccccc3)cc(C)c2c1. The Balaban J connectivity index is 1.53. The lowest BCUT2D eigenvalue weighted by Gasteiger charge is -2.13. The molecule has 0 radical (unpaired) electrons. The first kappa shape index (κ1) is 22.0. The van der Waals surface area contributed by atoms with Gasteiger partial charge in [-0.2, -0.15) is 15.0 Å². The maximum atomic E-state index is 12.6. The summed E-state index contributed by atoms with van der Waals surface area (Å²) < 4.78 is 7.16. The van der Waals surface area contributed by atoms with E-state index in [1.807, 2.05) is 50.2 Å². The molecule has 2 aromatic carbocycles. The lowest BCUT2D eigenvalue weighted by molar-refractivity contribution is -0.116. The monoisotopic (exact) mass is 439 g/mol. The molecule has 0 unspecified atom stereocenters. The number of ether oxygens (including phenoxy) is 1. The molecule has 2 aromatic heterocycles. The van der Waals surface area contributed by atoms with Crippen molar-refractivity contribution in [1.82, 2.24) is 14.8 Å². The fourth-order valence-electron chi connectivity index (χ4n) is 3.79. The molecular weight excluding hydrogens is 414 g/mol. The second-order valence-corrected chi connectivity index (χ2v) is 8.02. The first-order chi connectivity index (χ1) is 16.0. The Hall–Kier alpha value is -4.18. The fourth-order valence-corrected chi connectivity index (χ4v) is 3.79. The summed E-state index contributed by atoms with van der Waals surface area (Å²) in [6, 6.07) is 17.7. The van der Waals surface area contributed by atoms with Crippen molar-refractivity contribution in [3.8, 4) is 17.6 Å². The van der Waals surface area contributed by atoms with Gasteiger partial charge in [-0.15, -0.1) is 0 Å². The Morgan fingerprint density at radius 1 is 1.12 bits per heavy atom. The molecule has 7 nitrogen and oxygen atoms in total. The van der Waals surface area contributed by atoms with Crippen molar-refractivity contribution < 1.29 is 9.53 Å². The van der Waals surface area contributed by atoms with Crippen LogP contribution in [0.25, 0.3) is 16.7 Å². The Labute approximate surface area is 192 Å². The zero-order chi connectivity index (χ0) is 23.4. The maximum Gasteiger partial charge on any atom is 0.225 e. The van der Waals surface area contributed by atoms with Crippen molar-refractivity contribution in [3.63, 3.8) is 0 Å². The van der Waals surface area contributed by atoms with Gasteiger partial charge in [0.2, 0.25) is 5.91 Å². The number of rotatable bonds is 7. The molecule has 1 N–H and O–H groups in total. The van der Waals surface area contributed by atoms with E-state index in [-0.39, 0.29) is 17.9 Å². The van der Waals surface area contributed by atoms with Crippen molar-refractivity contribution >= 4 is 22.6 Å². The molecule has 4 aromatic rings. The number of nitrogens with one attached hydrogen (secondary N) is 1. The summed E-state index contributed by atoms with van der Waals surface area (Å²) in [5.41, 5.74) is 4.44. The quantitative estimate of drug-likeness (QED) is 0.408. The molecule has 0 aliphatic carbocycles. The van der Waals surface area contributed by atoms with Gasteiger partial charge in [0, 0.05) is 11.8 Å². The largest absolute Gasteiger partial charge is 0.494 e. The number of nitrogens with zero attached hydrogens (tertiary/aromatic N) is 4. The van der Waals surface area contributed by atoms with Crippen molar-refractivity contribution in [2.45, 2.75) is 33.6 Å². The topological polar surface area (TPSA) is 92.8 Å². The summed E-state index contributed by atoms with van der Waals surface area (Å²) in [6.07, 6.45) is 2.24. The highest BCUT2D eigenvalue weighted by molar-refractivity contribution is 5.91. The van der Waals surface area contributed by atoms with Gasteiger partial charge >= 0.3 is 0 Å². The lowest BCUT2D eigenvalue weighted by Crippen LogP contribution is -2.17. The molecule has 33 heavy (non-hydrogen) atoms. The average molecular weight is 440 g/mol. The smallest absolute Gasteiger partial charge is 0.225 e. The molecular formula is C26H25N5O2. The van der Waals surface area contributed by atoms with Crippen LogP contribution in [0.5, 0.6) is 5.75 Å². The number of carbonyl (C=O) groups is 1. The molecule has 0 aliphatic rings. The van der Waals surface area contributed by atoms with Crippen LogP contribution in [0.3, 0.4) is 0 Å². The summed E-state index contributed by atoms with van der Waals surface area (Å²) in [7, 11) is 0. The maximum absolute atomic E-state index is 12.6. The zero-order valence-electron chi connectivity index (χ0n) is 18.9. The Bertz CT molecular complexity index is 1350. The number of nitriles is 1. The fraction of sp³-hybridized carbons (Fsp3) is 0.231. The van der Waals surface area contributed by atoms with Gasteiger partial charge in [-0.25, -0.2) is 4.98 Å². The van der Waals surface area contributed by atoms with Crippen molar-refractivity contribution in [2.24, 2.45) is 0 Å². The van der Waals surface area contributed by atoms with Crippen LogP contribution in [0.15, 0.2) is 54.7 Å². The van der Waals surface area contributed by atoms with Gasteiger partial charge in [0.25, 0.3) is 0 Å². The van der Waals surface area contributed by atoms with Gasteiger partial charge in [-0.1, -0.05) is 29.8 Å².